The minimum Gasteiger partial charge on any atom is -0.481 e. The molecule has 7 nitrogen and oxygen atoms in total. The monoisotopic (exact) mass is 452 g/mol. The molecule has 7 heteroatoms. The summed E-state index contributed by atoms with van der Waals surface area (Å²) in [6, 6.07) is 15.2. The quantitative estimate of drug-likeness (QED) is 0.356. The van der Waals surface area contributed by atoms with Crippen LogP contribution in [0.5, 0.6) is 0 Å². The number of carbonyl (C=O) groups is 3. The average Bonchev–Trinajstić information content (AvgIpc) is 2.82. The van der Waals surface area contributed by atoms with Gasteiger partial charge in [0.25, 0.3) is 0 Å². The van der Waals surface area contributed by atoms with E-state index in [0.29, 0.717) is 19.4 Å². The van der Waals surface area contributed by atoms with Crippen LogP contribution in [0.1, 0.15) is 43.0 Å². The van der Waals surface area contributed by atoms with Gasteiger partial charge < -0.3 is 15.2 Å². The Kier molecular flexibility index (Phi) is 8.74. The standard InChI is InChI=1S/C26H32N2O5/c1-3-33-26(32)21(14-13-18-9-5-4-6-10-18)28-17(2)24(29)22(25(30)31)23-20-12-8-7-11-19(20)15-16-27-23/h4-12,17,21-23,27-28H,3,13-16H2,1-2H3,(H,30,31)/t17-,21-,22-,23?/m0/s1. The lowest BCUT2D eigenvalue weighted by molar-refractivity contribution is -0.148. The Bertz CT molecular complexity index is 962. The number of fused-ring (bicyclic) bond motifs is 1. The molecule has 0 saturated carbocycles. The molecule has 0 spiro atoms. The molecule has 1 heterocycles. The molecule has 4 atom stereocenters. The van der Waals surface area contributed by atoms with Crippen LogP contribution < -0.4 is 10.6 Å². The Morgan fingerprint density at radius 3 is 2.52 bits per heavy atom. The average molecular weight is 453 g/mol. The summed E-state index contributed by atoms with van der Waals surface area (Å²) in [5.41, 5.74) is 2.95. The van der Waals surface area contributed by atoms with E-state index in [2.05, 4.69) is 10.6 Å². The maximum absolute atomic E-state index is 13.3. The smallest absolute Gasteiger partial charge is 0.323 e. The molecule has 3 rings (SSSR count). The lowest BCUT2D eigenvalue weighted by atomic mass is 9.82. The van der Waals surface area contributed by atoms with Gasteiger partial charge in [0.15, 0.2) is 5.78 Å². The molecule has 0 fully saturated rings. The van der Waals surface area contributed by atoms with Gasteiger partial charge in [-0.25, -0.2) is 0 Å². The number of aliphatic carboxylic acids is 1. The lowest BCUT2D eigenvalue weighted by Crippen LogP contribution is -2.52. The van der Waals surface area contributed by atoms with Gasteiger partial charge >= 0.3 is 11.9 Å². The molecule has 0 radical (unpaired) electrons. The zero-order valence-corrected chi connectivity index (χ0v) is 19.1. The first-order chi connectivity index (χ1) is 15.9. The van der Waals surface area contributed by atoms with Crippen molar-refractivity contribution in [2.45, 2.75) is 51.2 Å². The van der Waals surface area contributed by atoms with Gasteiger partial charge in [-0.3, -0.25) is 19.7 Å². The first-order valence-corrected chi connectivity index (χ1v) is 11.5. The summed E-state index contributed by atoms with van der Waals surface area (Å²) in [5, 5.41) is 16.2. The molecule has 1 unspecified atom stereocenters. The SMILES string of the molecule is CCOC(=O)[C@H](CCc1ccccc1)N[C@@H](C)C(=O)[C@@H](C(=O)O)C1NCCc2ccccc21. The number of carboxylic acid groups (broad SMARTS) is 1. The van der Waals surface area contributed by atoms with Gasteiger partial charge in [0.2, 0.25) is 0 Å². The summed E-state index contributed by atoms with van der Waals surface area (Å²) in [7, 11) is 0. The fourth-order valence-corrected chi connectivity index (χ4v) is 4.38. The van der Waals surface area contributed by atoms with Crippen molar-refractivity contribution >= 4 is 17.7 Å². The predicted octanol–water partition coefficient (Wildman–Crippen LogP) is 2.69. The van der Waals surface area contributed by atoms with Crippen LogP contribution in [0.2, 0.25) is 0 Å². The third kappa shape index (κ3) is 6.27. The Morgan fingerprint density at radius 1 is 1.12 bits per heavy atom. The Balaban J connectivity index is 1.75. The van der Waals surface area contributed by atoms with Crippen molar-refractivity contribution in [3.63, 3.8) is 0 Å². The van der Waals surface area contributed by atoms with Crippen molar-refractivity contribution in [1.29, 1.82) is 0 Å². The number of nitrogens with one attached hydrogen (secondary N) is 2. The fourth-order valence-electron chi connectivity index (χ4n) is 4.38. The summed E-state index contributed by atoms with van der Waals surface area (Å²) >= 11 is 0. The van der Waals surface area contributed by atoms with E-state index in [4.69, 9.17) is 4.74 Å². The summed E-state index contributed by atoms with van der Waals surface area (Å²) in [5.74, 6) is -3.36. The van der Waals surface area contributed by atoms with Crippen LogP contribution in [-0.2, 0) is 32.0 Å². The number of carboxylic acids is 1. The number of ketones is 1. The number of carbonyl (C=O) groups excluding carboxylic acids is 2. The maximum atomic E-state index is 13.3. The van der Waals surface area contributed by atoms with E-state index < -0.39 is 41.8 Å². The van der Waals surface area contributed by atoms with Crippen LogP contribution in [0, 0.1) is 5.92 Å². The zero-order valence-electron chi connectivity index (χ0n) is 19.1. The van der Waals surface area contributed by atoms with E-state index in [1.54, 1.807) is 13.8 Å². The van der Waals surface area contributed by atoms with E-state index in [0.717, 1.165) is 23.1 Å². The summed E-state index contributed by atoms with van der Waals surface area (Å²) in [4.78, 5) is 38.1. The number of hydrogen-bond donors (Lipinski definition) is 3. The van der Waals surface area contributed by atoms with Gasteiger partial charge in [0.05, 0.1) is 18.7 Å². The molecule has 0 amide bonds. The second kappa shape index (κ2) is 11.7. The third-order valence-corrected chi connectivity index (χ3v) is 6.07. The largest absolute Gasteiger partial charge is 0.481 e. The molecular weight excluding hydrogens is 420 g/mol. The minimum atomic E-state index is -1.27. The van der Waals surface area contributed by atoms with E-state index in [-0.39, 0.29) is 6.61 Å². The number of Topliss-reactive ketones (excluding diaryl/α,β-unsaturated/α-hetero) is 1. The molecule has 2 aromatic carbocycles. The van der Waals surface area contributed by atoms with Crippen LogP contribution in [0.4, 0.5) is 0 Å². The second-order valence-corrected chi connectivity index (χ2v) is 8.32. The molecule has 0 bridgehead atoms. The third-order valence-electron chi connectivity index (χ3n) is 6.07. The van der Waals surface area contributed by atoms with Crippen molar-refractivity contribution in [2.24, 2.45) is 5.92 Å². The lowest BCUT2D eigenvalue weighted by Gasteiger charge is -2.32. The number of hydrogen-bond acceptors (Lipinski definition) is 6. The van der Waals surface area contributed by atoms with Crippen molar-refractivity contribution in [3.05, 3.63) is 71.3 Å². The van der Waals surface area contributed by atoms with E-state index in [1.807, 2.05) is 54.6 Å². The Labute approximate surface area is 194 Å². The van der Waals surface area contributed by atoms with Gasteiger partial charge in [-0.2, -0.15) is 0 Å². The normalized spacial score (nSPS) is 17.9. The minimum absolute atomic E-state index is 0.227. The van der Waals surface area contributed by atoms with E-state index >= 15 is 0 Å². The molecule has 176 valence electrons. The molecule has 33 heavy (non-hydrogen) atoms. The van der Waals surface area contributed by atoms with Crippen LogP contribution in [0.15, 0.2) is 54.6 Å². The van der Waals surface area contributed by atoms with E-state index in [9.17, 15) is 19.5 Å². The van der Waals surface area contributed by atoms with Crippen molar-refractivity contribution in [2.75, 3.05) is 13.2 Å². The van der Waals surface area contributed by atoms with Crippen molar-refractivity contribution in [3.8, 4) is 0 Å². The predicted molar refractivity (Wildman–Crippen MR) is 125 cm³/mol. The Morgan fingerprint density at radius 2 is 1.82 bits per heavy atom. The zero-order chi connectivity index (χ0) is 23.8. The Hall–Kier alpha value is -3.03. The van der Waals surface area contributed by atoms with Crippen LogP contribution in [-0.4, -0.2) is 48.1 Å². The topological polar surface area (TPSA) is 105 Å². The van der Waals surface area contributed by atoms with Gasteiger partial charge in [-0.05, 0) is 56.3 Å². The fraction of sp³-hybridized carbons (Fsp3) is 0.423. The molecule has 2 aromatic rings. The first-order valence-electron chi connectivity index (χ1n) is 11.5. The van der Waals surface area contributed by atoms with Crippen molar-refractivity contribution < 1.29 is 24.2 Å². The van der Waals surface area contributed by atoms with Gasteiger partial charge in [0.1, 0.15) is 12.0 Å². The summed E-state index contributed by atoms with van der Waals surface area (Å²) < 4.78 is 5.20. The molecule has 0 saturated heterocycles. The molecule has 0 aromatic heterocycles. The molecular formula is C26H32N2O5. The van der Waals surface area contributed by atoms with E-state index in [1.165, 1.54) is 0 Å². The number of ether oxygens (including phenoxy) is 1. The number of benzene rings is 2. The highest BCUT2D eigenvalue weighted by Crippen LogP contribution is 2.30. The number of aryl methyl sites for hydroxylation is 1. The van der Waals surface area contributed by atoms with Gasteiger partial charge in [-0.15, -0.1) is 0 Å². The van der Waals surface area contributed by atoms with Crippen LogP contribution >= 0.6 is 0 Å². The summed E-state index contributed by atoms with van der Waals surface area (Å²) in [6.07, 6.45) is 1.84. The van der Waals surface area contributed by atoms with Crippen LogP contribution in [0.3, 0.4) is 0 Å². The maximum Gasteiger partial charge on any atom is 0.323 e. The molecule has 1 aliphatic heterocycles. The highest BCUT2D eigenvalue weighted by atomic mass is 16.5. The number of esters is 1. The highest BCUT2D eigenvalue weighted by Gasteiger charge is 2.40. The van der Waals surface area contributed by atoms with Gasteiger partial charge in [0, 0.05) is 0 Å². The summed E-state index contributed by atoms with van der Waals surface area (Å²) in [6.45, 7) is 4.17. The highest BCUT2D eigenvalue weighted by molar-refractivity contribution is 6.02. The number of rotatable bonds is 11. The van der Waals surface area contributed by atoms with Gasteiger partial charge in [-0.1, -0.05) is 54.6 Å². The first kappa shape index (κ1) is 24.6. The molecule has 3 N–H and O–H groups in total. The van der Waals surface area contributed by atoms with Crippen LogP contribution in [0.25, 0.3) is 0 Å². The van der Waals surface area contributed by atoms with Crippen molar-refractivity contribution in [1.82, 2.24) is 10.6 Å². The molecule has 0 aliphatic carbocycles. The molecule has 1 aliphatic rings. The second-order valence-electron chi connectivity index (χ2n) is 8.32.